The third-order valence-corrected chi connectivity index (χ3v) is 11.6. The van der Waals surface area contributed by atoms with Crippen molar-refractivity contribution in [3.8, 4) is 0 Å². The predicted molar refractivity (Wildman–Crippen MR) is 244 cm³/mol. The van der Waals surface area contributed by atoms with Gasteiger partial charge in [0.25, 0.3) is 21.9 Å². The molecule has 2 heterocycles. The van der Waals surface area contributed by atoms with E-state index in [9.17, 15) is 48.1 Å². The summed E-state index contributed by atoms with van der Waals surface area (Å²) in [6.45, 7) is 0.412. The molecule has 1 aromatic heterocycles. The number of azo groups is 1. The molecule has 4 aromatic carbocycles. The van der Waals surface area contributed by atoms with E-state index in [4.69, 9.17) is 18.9 Å². The normalized spacial score (nSPS) is 19.9. The van der Waals surface area contributed by atoms with Crippen molar-refractivity contribution in [2.75, 3.05) is 63.8 Å². The van der Waals surface area contributed by atoms with Gasteiger partial charge >= 0.3 is 0 Å². The highest BCUT2D eigenvalue weighted by molar-refractivity contribution is 7.86. The quantitative estimate of drug-likeness (QED) is 0.0192. The maximum atomic E-state index is 13.4. The van der Waals surface area contributed by atoms with Crippen molar-refractivity contribution in [3.05, 3.63) is 102 Å². The molecule has 1 saturated heterocycles. The average Bonchev–Trinajstić information content (AvgIpc) is 3.79. The van der Waals surface area contributed by atoms with Crippen molar-refractivity contribution >= 4 is 55.5 Å². The van der Waals surface area contributed by atoms with E-state index in [1.807, 2.05) is 43.3 Å². The van der Waals surface area contributed by atoms with Gasteiger partial charge in [0.15, 0.2) is 18.2 Å². The van der Waals surface area contributed by atoms with Gasteiger partial charge in [0.05, 0.1) is 57.1 Å². The fraction of sp³-hybridized carbons (Fsp3) is 0.409. The molecule has 7 atom stereocenters. The van der Waals surface area contributed by atoms with Crippen molar-refractivity contribution in [2.45, 2.75) is 67.5 Å². The zero-order chi connectivity index (χ0) is 49.0. The van der Waals surface area contributed by atoms with Crippen LogP contribution in [0.4, 0.5) is 22.7 Å². The number of aliphatic hydroxyl groups excluding tert-OH is 4. The van der Waals surface area contributed by atoms with Crippen LogP contribution in [0.5, 0.6) is 0 Å². The van der Waals surface area contributed by atoms with Crippen LogP contribution in [0.1, 0.15) is 23.0 Å². The molecular weight excluding hydrogens is 911 g/mol. The summed E-state index contributed by atoms with van der Waals surface area (Å²) in [7, 11) is -0.598. The molecule has 6 rings (SSSR count). The number of fused-ring (bicyclic) bond motifs is 1. The van der Waals surface area contributed by atoms with Crippen LogP contribution in [0, 0.1) is 0 Å². The lowest BCUT2D eigenvalue weighted by atomic mass is 9.99. The van der Waals surface area contributed by atoms with E-state index in [1.165, 1.54) is 22.9 Å². The third kappa shape index (κ3) is 13.4. The van der Waals surface area contributed by atoms with Gasteiger partial charge in [-0.05, 0) is 67.6 Å². The molecule has 0 spiro atoms. The highest BCUT2D eigenvalue weighted by Gasteiger charge is 2.49. The number of anilines is 2. The monoisotopic (exact) mass is 965 g/mol. The van der Waals surface area contributed by atoms with Gasteiger partial charge in [-0.3, -0.25) is 14.1 Å². The van der Waals surface area contributed by atoms with E-state index in [-0.39, 0.29) is 62.2 Å². The number of hydrogen-bond acceptors (Lipinski definition) is 19. The summed E-state index contributed by atoms with van der Waals surface area (Å²) >= 11 is 0. The molecule has 5 aromatic rings. The molecule has 68 heavy (non-hydrogen) atoms. The van der Waals surface area contributed by atoms with Gasteiger partial charge in [-0.2, -0.15) is 18.6 Å². The fourth-order valence-electron chi connectivity index (χ4n) is 6.84. The lowest BCUT2D eigenvalue weighted by molar-refractivity contribution is -0.355. The summed E-state index contributed by atoms with van der Waals surface area (Å²) in [5, 5.41) is 78.2. The van der Waals surface area contributed by atoms with Crippen LogP contribution < -0.4 is 20.9 Å². The Morgan fingerprint density at radius 2 is 1.56 bits per heavy atom. The van der Waals surface area contributed by atoms with Gasteiger partial charge in [-0.1, -0.05) is 29.5 Å². The van der Waals surface area contributed by atoms with Gasteiger partial charge in [0.2, 0.25) is 0 Å². The second-order valence-electron chi connectivity index (χ2n) is 15.9. The smallest absolute Gasteiger partial charge is 0.295 e. The molecule has 2 unspecified atom stereocenters. The minimum Gasteiger partial charge on any atom is -0.394 e. The summed E-state index contributed by atoms with van der Waals surface area (Å²) in [4.78, 5) is 28.0. The van der Waals surface area contributed by atoms with Gasteiger partial charge in [0, 0.05) is 54.9 Å². The van der Waals surface area contributed by atoms with Crippen LogP contribution in [0.3, 0.4) is 0 Å². The van der Waals surface area contributed by atoms with Crippen LogP contribution >= 0.6 is 0 Å². The van der Waals surface area contributed by atoms with Gasteiger partial charge in [-0.25, -0.2) is 4.68 Å². The Labute approximate surface area is 391 Å². The van der Waals surface area contributed by atoms with E-state index in [1.54, 1.807) is 48.7 Å². The summed E-state index contributed by atoms with van der Waals surface area (Å²) < 4.78 is 57.5. The molecule has 1 aliphatic rings. The second kappa shape index (κ2) is 23.3. The number of nitrogens with zero attached hydrogens (tertiary/aromatic N) is 6. The number of benzene rings is 4. The summed E-state index contributed by atoms with van der Waals surface area (Å²) in [5.41, 5.74) is 1.23. The van der Waals surface area contributed by atoms with Crippen LogP contribution in [0.2, 0.25) is 0 Å². The second-order valence-corrected chi connectivity index (χ2v) is 17.3. The first-order chi connectivity index (χ1) is 32.5. The minimum atomic E-state index is -4.50. The number of hydrogen-bond donors (Lipinski definition) is 9. The van der Waals surface area contributed by atoms with E-state index >= 15 is 0 Å². The number of carbonyl (C=O) groups is 2. The lowest BCUT2D eigenvalue weighted by Crippen LogP contribution is -2.62. The highest BCUT2D eigenvalue weighted by Crippen LogP contribution is 2.30. The maximum Gasteiger partial charge on any atom is 0.295 e. The number of aromatic nitrogens is 3. The molecule has 24 heteroatoms. The Hall–Kier alpha value is -6.03. The number of ether oxygens (including phenoxy) is 4. The van der Waals surface area contributed by atoms with Gasteiger partial charge < -0.3 is 65.3 Å². The molecule has 0 saturated carbocycles. The van der Waals surface area contributed by atoms with Crippen molar-refractivity contribution in [1.82, 2.24) is 25.6 Å². The van der Waals surface area contributed by atoms with Crippen molar-refractivity contribution in [2.24, 2.45) is 10.2 Å². The largest absolute Gasteiger partial charge is 0.394 e. The topological polar surface area (TPSA) is 321 Å². The van der Waals surface area contributed by atoms with Gasteiger partial charge in [-0.15, -0.1) is 5.10 Å². The summed E-state index contributed by atoms with van der Waals surface area (Å²) in [6, 6.07) is 23.4. The van der Waals surface area contributed by atoms with Crippen molar-refractivity contribution < 1.29 is 67.0 Å². The molecule has 0 aliphatic carbocycles. The first-order valence-corrected chi connectivity index (χ1v) is 22.8. The van der Waals surface area contributed by atoms with E-state index in [2.05, 4.69) is 36.5 Å². The third-order valence-electron chi connectivity index (χ3n) is 10.7. The zero-order valence-electron chi connectivity index (χ0n) is 37.3. The maximum absolute atomic E-state index is 13.4. The van der Waals surface area contributed by atoms with Crippen molar-refractivity contribution in [3.63, 3.8) is 0 Å². The first-order valence-electron chi connectivity index (χ1n) is 21.3. The number of rotatable bonds is 23. The fourth-order valence-corrected chi connectivity index (χ4v) is 7.55. The van der Waals surface area contributed by atoms with Crippen molar-refractivity contribution in [1.29, 1.82) is 0 Å². The molecule has 23 nitrogen and oxygen atoms in total. The SMILES string of the molecule is CN(C)c1ccc(N=Nc2ccc(C(=O)NCc3cn(CCOCCOC(O[C@@H]4O[C@H](CO)[C@H](O)[C@H](O)[C@H]4O)C(C)(O)C(=O)NCCNc4cccc5c(S(=O)(=O)O)cccc45)nn3)cc2)cc1. The summed E-state index contributed by atoms with van der Waals surface area (Å²) in [6.07, 6.45) is -8.78. The Morgan fingerprint density at radius 3 is 2.24 bits per heavy atom. The Bertz CT molecular complexity index is 2600. The zero-order valence-corrected chi connectivity index (χ0v) is 38.1. The van der Waals surface area contributed by atoms with E-state index in [0.717, 1.165) is 12.6 Å². The Balaban J connectivity index is 0.968. The van der Waals surface area contributed by atoms with E-state index < -0.39 is 65.2 Å². The Kier molecular flexibility index (Phi) is 17.6. The number of aliphatic hydroxyl groups is 5. The van der Waals surface area contributed by atoms with Crippen LogP contribution in [0.15, 0.2) is 106 Å². The number of amides is 2. The lowest BCUT2D eigenvalue weighted by Gasteiger charge is -2.42. The van der Waals surface area contributed by atoms with Crippen LogP contribution in [-0.4, -0.2) is 162 Å². The summed E-state index contributed by atoms with van der Waals surface area (Å²) in [5.74, 6) is -1.32. The molecular formula is C44H55N9O14S. The minimum absolute atomic E-state index is 0.0774. The van der Waals surface area contributed by atoms with Crippen LogP contribution in [0.25, 0.3) is 10.8 Å². The first kappa shape index (κ1) is 51.4. The molecule has 1 fully saturated rings. The van der Waals surface area contributed by atoms with Gasteiger partial charge in [0.1, 0.15) is 35.0 Å². The number of nitrogens with one attached hydrogen (secondary N) is 3. The Morgan fingerprint density at radius 1 is 0.882 bits per heavy atom. The molecule has 2 amide bonds. The van der Waals surface area contributed by atoms with Crippen LogP contribution in [-0.2, 0) is 46.9 Å². The molecule has 9 N–H and O–H groups in total. The molecule has 0 bridgehead atoms. The predicted octanol–water partition coefficient (Wildman–Crippen LogP) is 1.24. The number of carbonyl (C=O) groups excluding carboxylic acids is 2. The molecule has 0 radical (unpaired) electrons. The average molecular weight is 966 g/mol. The standard InChI is InChI=1S/C44H55N9O14S/c1-44(60,42(59)46-19-18-45-34-8-4-7-33-32(34)6-5-9-36(33)68(61,62)63)43(67-41-39(57)38(56)37(55)35(26-54)66-41)65-23-22-64-21-20-53-25-30(50-51-53)24-47-40(58)27-10-12-28(13-11-27)48-49-29-14-16-31(17-15-29)52(2)3/h4-17,25,35,37-39,41,43,45,54-57,60H,18-24,26H2,1-3H3,(H,46,59)(H,47,58)(H,61,62,63)/t35-,37+,38+,39-,41+,43?,44?/m1/s1. The highest BCUT2D eigenvalue weighted by atomic mass is 32.2. The van der Waals surface area contributed by atoms with E-state index in [0.29, 0.717) is 33.7 Å². The molecule has 1 aliphatic heterocycles. The molecule has 366 valence electrons.